The van der Waals surface area contributed by atoms with Crippen molar-refractivity contribution in [3.63, 3.8) is 0 Å². The molecule has 5 heteroatoms. The first-order valence-corrected chi connectivity index (χ1v) is 10.6. The molecule has 0 spiro atoms. The first-order chi connectivity index (χ1) is 14.1. The van der Waals surface area contributed by atoms with Gasteiger partial charge in [-0.2, -0.15) is 0 Å². The van der Waals surface area contributed by atoms with Crippen molar-refractivity contribution in [1.29, 1.82) is 0 Å². The number of amides is 2. The predicted molar refractivity (Wildman–Crippen MR) is 119 cm³/mol. The van der Waals surface area contributed by atoms with Gasteiger partial charge in [-0.3, -0.25) is 9.59 Å². The summed E-state index contributed by atoms with van der Waals surface area (Å²) in [6, 6.07) is 14.9. The molecule has 1 aliphatic heterocycles. The van der Waals surface area contributed by atoms with Gasteiger partial charge in [0.25, 0.3) is 11.8 Å². The number of nitrogens with one attached hydrogen (secondary N) is 1. The van der Waals surface area contributed by atoms with Crippen LogP contribution in [0.15, 0.2) is 48.5 Å². The van der Waals surface area contributed by atoms with E-state index in [2.05, 4.69) is 29.3 Å². The lowest BCUT2D eigenvalue weighted by Gasteiger charge is -2.28. The van der Waals surface area contributed by atoms with Crippen LogP contribution in [-0.2, 0) is 0 Å². The number of hydrogen-bond donors (Lipinski definition) is 1. The van der Waals surface area contributed by atoms with Gasteiger partial charge in [0.2, 0.25) is 0 Å². The molecular formula is C24H31N3O2. The molecule has 1 fully saturated rings. The highest BCUT2D eigenvalue weighted by Crippen LogP contribution is 2.22. The van der Waals surface area contributed by atoms with Gasteiger partial charge in [-0.15, -0.1) is 0 Å². The van der Waals surface area contributed by atoms with Crippen molar-refractivity contribution in [3.05, 3.63) is 59.7 Å². The summed E-state index contributed by atoms with van der Waals surface area (Å²) < 4.78 is 0. The Balaban J connectivity index is 1.64. The summed E-state index contributed by atoms with van der Waals surface area (Å²) in [7, 11) is 1.80. The van der Waals surface area contributed by atoms with Gasteiger partial charge < -0.3 is 15.1 Å². The smallest absolute Gasteiger partial charge is 0.255 e. The molecule has 0 bridgehead atoms. The Morgan fingerprint density at radius 3 is 2.38 bits per heavy atom. The molecule has 2 aromatic carbocycles. The minimum atomic E-state index is -0.207. The average Bonchev–Trinajstić information content (AvgIpc) is 2.78. The molecule has 3 rings (SSSR count). The van der Waals surface area contributed by atoms with Crippen molar-refractivity contribution in [2.24, 2.45) is 0 Å². The highest BCUT2D eigenvalue weighted by Gasteiger charge is 2.15. The Morgan fingerprint density at radius 1 is 1.00 bits per heavy atom. The highest BCUT2D eigenvalue weighted by molar-refractivity contribution is 6.06. The molecule has 5 nitrogen and oxygen atoms in total. The van der Waals surface area contributed by atoms with Crippen LogP contribution in [0.1, 0.15) is 59.7 Å². The number of piperidine rings is 1. The molecule has 0 aliphatic carbocycles. The molecule has 1 saturated heterocycles. The summed E-state index contributed by atoms with van der Waals surface area (Å²) in [6.07, 6.45) is 5.79. The van der Waals surface area contributed by atoms with E-state index >= 15 is 0 Å². The fraction of sp³-hybridized carbons (Fsp3) is 0.417. The number of hydrogen-bond acceptors (Lipinski definition) is 3. The second-order valence-electron chi connectivity index (χ2n) is 7.71. The van der Waals surface area contributed by atoms with Crippen LogP contribution in [0.3, 0.4) is 0 Å². The van der Waals surface area contributed by atoms with E-state index < -0.39 is 0 Å². The molecule has 1 heterocycles. The predicted octanol–water partition coefficient (Wildman–Crippen LogP) is 4.80. The summed E-state index contributed by atoms with van der Waals surface area (Å²) in [4.78, 5) is 29.3. The van der Waals surface area contributed by atoms with Crippen LogP contribution in [0.25, 0.3) is 0 Å². The maximum absolute atomic E-state index is 12.7. The molecule has 0 atom stereocenters. The molecule has 0 unspecified atom stereocenters. The number of unbranched alkanes of at least 4 members (excludes halogenated alkanes) is 1. The number of carbonyl (C=O) groups excluding carboxylic acids is 2. The molecule has 154 valence electrons. The van der Waals surface area contributed by atoms with E-state index in [1.54, 1.807) is 36.2 Å². The van der Waals surface area contributed by atoms with Crippen LogP contribution < -0.4 is 10.2 Å². The quantitative estimate of drug-likeness (QED) is 0.735. The maximum atomic E-state index is 12.7. The average molecular weight is 394 g/mol. The van der Waals surface area contributed by atoms with E-state index in [1.807, 2.05) is 12.1 Å². The minimum Gasteiger partial charge on any atom is -0.372 e. The van der Waals surface area contributed by atoms with Gasteiger partial charge in [-0.25, -0.2) is 0 Å². The monoisotopic (exact) mass is 393 g/mol. The summed E-state index contributed by atoms with van der Waals surface area (Å²) in [5.74, 6) is -0.263. The Hall–Kier alpha value is -2.82. The van der Waals surface area contributed by atoms with Crippen molar-refractivity contribution in [1.82, 2.24) is 4.90 Å². The van der Waals surface area contributed by atoms with Crippen molar-refractivity contribution >= 4 is 23.2 Å². The van der Waals surface area contributed by atoms with Gasteiger partial charge in [-0.1, -0.05) is 19.4 Å². The third-order valence-electron chi connectivity index (χ3n) is 5.41. The second kappa shape index (κ2) is 10.1. The summed E-state index contributed by atoms with van der Waals surface area (Å²) >= 11 is 0. The number of benzene rings is 2. The van der Waals surface area contributed by atoms with E-state index in [-0.39, 0.29) is 11.8 Å². The number of carbonyl (C=O) groups is 2. The molecule has 0 radical (unpaired) electrons. The first kappa shape index (κ1) is 20.9. The molecule has 1 aliphatic rings. The number of rotatable bonds is 7. The SMILES string of the molecule is CCCCN(C)C(=O)c1cccc(C(=O)Nc2ccc(N3CCCCC3)cc2)c1. The molecule has 0 aromatic heterocycles. The van der Waals surface area contributed by atoms with Crippen molar-refractivity contribution < 1.29 is 9.59 Å². The summed E-state index contributed by atoms with van der Waals surface area (Å²) in [5.41, 5.74) is 2.98. The molecule has 2 aromatic rings. The largest absolute Gasteiger partial charge is 0.372 e. The molecule has 1 N–H and O–H groups in total. The van der Waals surface area contributed by atoms with Gasteiger partial charge in [-0.05, 0) is 68.1 Å². The topological polar surface area (TPSA) is 52.7 Å². The normalized spacial score (nSPS) is 13.8. The second-order valence-corrected chi connectivity index (χ2v) is 7.71. The summed E-state index contributed by atoms with van der Waals surface area (Å²) in [5, 5.41) is 2.94. The Labute approximate surface area is 173 Å². The summed E-state index contributed by atoms with van der Waals surface area (Å²) in [6.45, 7) is 5.01. The van der Waals surface area contributed by atoms with Crippen LogP contribution in [-0.4, -0.2) is 43.4 Å². The highest BCUT2D eigenvalue weighted by atomic mass is 16.2. The standard InChI is InChI=1S/C24H31N3O2/c1-3-4-15-26(2)24(29)20-10-8-9-19(18-20)23(28)25-21-11-13-22(14-12-21)27-16-6-5-7-17-27/h8-14,18H,3-7,15-17H2,1-2H3,(H,25,28). The number of anilines is 2. The van der Waals surface area contributed by atoms with E-state index in [9.17, 15) is 9.59 Å². The lowest BCUT2D eigenvalue weighted by Crippen LogP contribution is -2.29. The Morgan fingerprint density at radius 2 is 1.69 bits per heavy atom. The van der Waals surface area contributed by atoms with Gasteiger partial charge in [0.15, 0.2) is 0 Å². The van der Waals surface area contributed by atoms with Crippen LogP contribution >= 0.6 is 0 Å². The zero-order valence-electron chi connectivity index (χ0n) is 17.5. The van der Waals surface area contributed by atoms with Crippen molar-refractivity contribution in [3.8, 4) is 0 Å². The van der Waals surface area contributed by atoms with E-state index in [0.717, 1.165) is 38.2 Å². The van der Waals surface area contributed by atoms with Gasteiger partial charge >= 0.3 is 0 Å². The third-order valence-corrected chi connectivity index (χ3v) is 5.41. The van der Waals surface area contributed by atoms with Crippen LogP contribution in [0.2, 0.25) is 0 Å². The first-order valence-electron chi connectivity index (χ1n) is 10.6. The van der Waals surface area contributed by atoms with Crippen LogP contribution in [0.5, 0.6) is 0 Å². The number of nitrogens with zero attached hydrogens (tertiary/aromatic N) is 2. The van der Waals surface area contributed by atoms with Crippen molar-refractivity contribution in [2.45, 2.75) is 39.0 Å². The maximum Gasteiger partial charge on any atom is 0.255 e. The zero-order valence-corrected chi connectivity index (χ0v) is 17.5. The lowest BCUT2D eigenvalue weighted by molar-refractivity contribution is 0.0793. The van der Waals surface area contributed by atoms with E-state index in [4.69, 9.17) is 0 Å². The molecule has 2 amide bonds. The van der Waals surface area contributed by atoms with E-state index in [0.29, 0.717) is 11.1 Å². The van der Waals surface area contributed by atoms with Gasteiger partial charge in [0, 0.05) is 49.2 Å². The van der Waals surface area contributed by atoms with Gasteiger partial charge in [0.1, 0.15) is 0 Å². The lowest BCUT2D eigenvalue weighted by atomic mass is 10.1. The van der Waals surface area contributed by atoms with Crippen LogP contribution in [0, 0.1) is 0 Å². The minimum absolute atomic E-state index is 0.0565. The van der Waals surface area contributed by atoms with Gasteiger partial charge in [0.05, 0.1) is 0 Å². The Kier molecular flexibility index (Phi) is 7.28. The van der Waals surface area contributed by atoms with Crippen molar-refractivity contribution in [2.75, 3.05) is 36.9 Å². The van der Waals surface area contributed by atoms with E-state index in [1.165, 1.54) is 24.9 Å². The van der Waals surface area contributed by atoms with Crippen LogP contribution in [0.4, 0.5) is 11.4 Å². The zero-order chi connectivity index (χ0) is 20.6. The molecule has 0 saturated carbocycles. The molecular weight excluding hydrogens is 362 g/mol. The fourth-order valence-corrected chi connectivity index (χ4v) is 3.62. The Bertz CT molecular complexity index is 826. The fourth-order valence-electron chi connectivity index (χ4n) is 3.62. The molecule has 29 heavy (non-hydrogen) atoms. The third kappa shape index (κ3) is 5.59.